The molecule has 1 N–H and O–H groups in total. The van der Waals surface area contributed by atoms with Crippen LogP contribution in [0.1, 0.15) is 21.5 Å². The van der Waals surface area contributed by atoms with Gasteiger partial charge in [0.25, 0.3) is 5.91 Å². The first-order valence-electron chi connectivity index (χ1n) is 8.60. The highest BCUT2D eigenvalue weighted by Crippen LogP contribution is 2.31. The van der Waals surface area contributed by atoms with Gasteiger partial charge in [-0.1, -0.05) is 52.3 Å². The Balaban J connectivity index is 1.73. The fraction of sp³-hybridized carbons (Fsp3) is 0.0909. The monoisotopic (exact) mass is 438 g/mol. The Labute approximate surface area is 172 Å². The number of rotatable bonds is 7. The van der Waals surface area contributed by atoms with Crippen LogP contribution in [-0.2, 0) is 6.61 Å². The number of para-hydroxylation sites is 1. The first kappa shape index (κ1) is 19.6. The summed E-state index contributed by atoms with van der Waals surface area (Å²) in [6.07, 6.45) is 1.54. The lowest BCUT2D eigenvalue weighted by Gasteiger charge is -2.13. The number of amides is 1. The second kappa shape index (κ2) is 9.71. The minimum Gasteiger partial charge on any atom is -0.493 e. The van der Waals surface area contributed by atoms with Crippen LogP contribution in [0.25, 0.3) is 0 Å². The maximum Gasteiger partial charge on any atom is 0.271 e. The molecule has 6 heteroatoms. The molecule has 3 aromatic carbocycles. The molecule has 0 unspecified atom stereocenters. The third-order valence-electron chi connectivity index (χ3n) is 3.93. The van der Waals surface area contributed by atoms with Crippen molar-refractivity contribution < 1.29 is 14.3 Å². The van der Waals surface area contributed by atoms with E-state index in [9.17, 15) is 4.79 Å². The fourth-order valence-electron chi connectivity index (χ4n) is 2.50. The maximum absolute atomic E-state index is 12.1. The molecule has 0 aromatic heterocycles. The van der Waals surface area contributed by atoms with Crippen LogP contribution in [0.3, 0.4) is 0 Å². The largest absolute Gasteiger partial charge is 0.493 e. The summed E-state index contributed by atoms with van der Waals surface area (Å²) < 4.78 is 12.4. The molecule has 0 saturated carbocycles. The molecule has 1 amide bonds. The number of benzene rings is 3. The molecule has 0 bridgehead atoms. The molecule has 0 radical (unpaired) electrons. The fourth-order valence-corrected chi connectivity index (χ4v) is 2.76. The molecule has 0 aliphatic carbocycles. The standard InChI is InChI=1S/C22H19BrN2O3/c1-27-20-9-5-8-18(14-24-25-22(26)17-6-3-2-4-7-17)21(20)28-15-16-10-12-19(23)13-11-16/h2-14H,15H2,1H3,(H,25,26)/b24-14-. The molecule has 0 heterocycles. The summed E-state index contributed by atoms with van der Waals surface area (Å²) in [6, 6.07) is 22.3. The van der Waals surface area contributed by atoms with Crippen molar-refractivity contribution in [3.05, 3.63) is 94.0 Å². The van der Waals surface area contributed by atoms with Crippen LogP contribution >= 0.6 is 15.9 Å². The van der Waals surface area contributed by atoms with E-state index in [1.807, 2.05) is 48.5 Å². The van der Waals surface area contributed by atoms with Crippen LogP contribution < -0.4 is 14.9 Å². The number of hydrogen-bond acceptors (Lipinski definition) is 4. The quantitative estimate of drug-likeness (QED) is 0.425. The van der Waals surface area contributed by atoms with Crippen LogP contribution in [-0.4, -0.2) is 19.2 Å². The van der Waals surface area contributed by atoms with Gasteiger partial charge in [0.15, 0.2) is 11.5 Å². The molecule has 0 atom stereocenters. The second-order valence-corrected chi connectivity index (χ2v) is 6.77. The highest BCUT2D eigenvalue weighted by Gasteiger charge is 2.10. The number of nitrogens with one attached hydrogen (secondary N) is 1. The molecule has 3 rings (SSSR count). The van der Waals surface area contributed by atoms with E-state index in [1.165, 1.54) is 0 Å². The van der Waals surface area contributed by atoms with Crippen LogP contribution in [0, 0.1) is 0 Å². The number of nitrogens with zero attached hydrogens (tertiary/aromatic N) is 1. The Morgan fingerprint density at radius 1 is 1.04 bits per heavy atom. The Kier molecular flexibility index (Phi) is 6.81. The molecule has 0 fully saturated rings. The summed E-state index contributed by atoms with van der Waals surface area (Å²) >= 11 is 3.42. The van der Waals surface area contributed by atoms with Gasteiger partial charge < -0.3 is 9.47 Å². The van der Waals surface area contributed by atoms with Gasteiger partial charge >= 0.3 is 0 Å². The van der Waals surface area contributed by atoms with Gasteiger partial charge in [0.2, 0.25) is 0 Å². The van der Waals surface area contributed by atoms with E-state index in [-0.39, 0.29) is 5.91 Å². The first-order chi connectivity index (χ1) is 13.7. The number of hydrazone groups is 1. The van der Waals surface area contributed by atoms with Gasteiger partial charge in [0, 0.05) is 15.6 Å². The molecule has 28 heavy (non-hydrogen) atoms. The second-order valence-electron chi connectivity index (χ2n) is 5.86. The number of carbonyl (C=O) groups excluding carboxylic acids is 1. The van der Waals surface area contributed by atoms with Crippen molar-refractivity contribution in [1.82, 2.24) is 5.43 Å². The Bertz CT molecular complexity index is 957. The van der Waals surface area contributed by atoms with Gasteiger partial charge in [-0.25, -0.2) is 5.43 Å². The molecule has 142 valence electrons. The number of hydrogen-bond donors (Lipinski definition) is 1. The van der Waals surface area contributed by atoms with Gasteiger partial charge in [0.05, 0.1) is 13.3 Å². The van der Waals surface area contributed by atoms with Gasteiger partial charge in [-0.2, -0.15) is 5.10 Å². The highest BCUT2D eigenvalue weighted by molar-refractivity contribution is 9.10. The summed E-state index contributed by atoms with van der Waals surface area (Å²) in [5.41, 5.74) is 4.78. The normalized spacial score (nSPS) is 10.6. The summed E-state index contributed by atoms with van der Waals surface area (Å²) in [6.45, 7) is 0.380. The van der Waals surface area contributed by atoms with Crippen LogP contribution in [0.2, 0.25) is 0 Å². The molecule has 0 aliphatic heterocycles. The summed E-state index contributed by atoms with van der Waals surface area (Å²) in [4.78, 5) is 12.1. The molecular weight excluding hydrogens is 420 g/mol. The Morgan fingerprint density at radius 3 is 2.50 bits per heavy atom. The van der Waals surface area contributed by atoms with E-state index in [1.54, 1.807) is 37.6 Å². The minimum atomic E-state index is -0.280. The molecule has 3 aromatic rings. The van der Waals surface area contributed by atoms with E-state index in [4.69, 9.17) is 9.47 Å². The van der Waals surface area contributed by atoms with Gasteiger partial charge in [0.1, 0.15) is 6.61 Å². The molecule has 5 nitrogen and oxygen atoms in total. The Morgan fingerprint density at radius 2 is 1.79 bits per heavy atom. The number of methoxy groups -OCH3 is 1. The number of carbonyl (C=O) groups is 1. The molecule has 0 spiro atoms. The van der Waals surface area contributed by atoms with Crippen LogP contribution in [0.5, 0.6) is 11.5 Å². The third-order valence-corrected chi connectivity index (χ3v) is 4.46. The van der Waals surface area contributed by atoms with Crippen LogP contribution in [0.4, 0.5) is 0 Å². The van der Waals surface area contributed by atoms with Gasteiger partial charge in [-0.05, 0) is 42.0 Å². The van der Waals surface area contributed by atoms with E-state index in [2.05, 4.69) is 26.5 Å². The number of ether oxygens (including phenoxy) is 2. The van der Waals surface area contributed by atoms with Crippen molar-refractivity contribution in [2.75, 3.05) is 7.11 Å². The van der Waals surface area contributed by atoms with Crippen molar-refractivity contribution in [1.29, 1.82) is 0 Å². The third kappa shape index (κ3) is 5.20. The average molecular weight is 439 g/mol. The SMILES string of the molecule is COc1cccc(/C=N\NC(=O)c2ccccc2)c1OCc1ccc(Br)cc1. The number of halogens is 1. The van der Waals surface area contributed by atoms with Crippen molar-refractivity contribution in [2.45, 2.75) is 6.61 Å². The van der Waals surface area contributed by atoms with E-state index in [0.717, 1.165) is 10.0 Å². The van der Waals surface area contributed by atoms with Gasteiger partial charge in [-0.3, -0.25) is 4.79 Å². The van der Waals surface area contributed by atoms with Crippen molar-refractivity contribution in [3.8, 4) is 11.5 Å². The summed E-state index contributed by atoms with van der Waals surface area (Å²) in [5, 5.41) is 4.05. The smallest absolute Gasteiger partial charge is 0.271 e. The molecule has 0 aliphatic rings. The zero-order chi connectivity index (χ0) is 19.8. The molecule has 0 saturated heterocycles. The van der Waals surface area contributed by atoms with Crippen LogP contribution in [0.15, 0.2) is 82.4 Å². The lowest BCUT2D eigenvalue weighted by molar-refractivity contribution is 0.0955. The lowest BCUT2D eigenvalue weighted by atomic mass is 10.2. The lowest BCUT2D eigenvalue weighted by Crippen LogP contribution is -2.17. The minimum absolute atomic E-state index is 0.280. The maximum atomic E-state index is 12.1. The first-order valence-corrected chi connectivity index (χ1v) is 9.39. The predicted molar refractivity (Wildman–Crippen MR) is 113 cm³/mol. The summed E-state index contributed by atoms with van der Waals surface area (Å²) in [7, 11) is 1.58. The van der Waals surface area contributed by atoms with E-state index in [0.29, 0.717) is 29.2 Å². The predicted octanol–water partition coefficient (Wildman–Crippen LogP) is 4.80. The van der Waals surface area contributed by atoms with Gasteiger partial charge in [-0.15, -0.1) is 0 Å². The topological polar surface area (TPSA) is 59.9 Å². The van der Waals surface area contributed by atoms with Crippen molar-refractivity contribution in [2.24, 2.45) is 5.10 Å². The van der Waals surface area contributed by atoms with E-state index < -0.39 is 0 Å². The molecular formula is C22H19BrN2O3. The van der Waals surface area contributed by atoms with Crippen molar-refractivity contribution >= 4 is 28.1 Å². The summed E-state index contributed by atoms with van der Waals surface area (Å²) in [5.74, 6) is 0.873. The zero-order valence-electron chi connectivity index (χ0n) is 15.3. The average Bonchev–Trinajstić information content (AvgIpc) is 2.74. The zero-order valence-corrected chi connectivity index (χ0v) is 16.8. The highest BCUT2D eigenvalue weighted by atomic mass is 79.9. The Hall–Kier alpha value is -3.12. The van der Waals surface area contributed by atoms with E-state index >= 15 is 0 Å². The van der Waals surface area contributed by atoms with Crippen molar-refractivity contribution in [3.63, 3.8) is 0 Å².